The van der Waals surface area contributed by atoms with Crippen molar-refractivity contribution in [3.63, 3.8) is 0 Å². The molecule has 0 atom stereocenters. The molecule has 2 aromatic carbocycles. The number of hydrogen-bond donors (Lipinski definition) is 2. The van der Waals surface area contributed by atoms with Gasteiger partial charge in [-0.25, -0.2) is 4.39 Å². The van der Waals surface area contributed by atoms with Crippen LogP contribution in [0, 0.1) is 5.82 Å². The van der Waals surface area contributed by atoms with Crippen molar-refractivity contribution in [2.24, 2.45) is 0 Å². The molecule has 2 aromatic rings. The maximum atomic E-state index is 12.8. The van der Waals surface area contributed by atoms with E-state index < -0.39 is 5.78 Å². The fraction of sp³-hybridized carbons (Fsp3) is 0.0588. The number of rotatable bonds is 4. The minimum Gasteiger partial charge on any atom is -0.507 e. The predicted molar refractivity (Wildman–Crippen MR) is 85.1 cm³/mol. The van der Waals surface area contributed by atoms with Crippen LogP contribution in [0.2, 0.25) is 0 Å². The number of phenolic OH excluding ortho intramolecular Hbond substituents is 1. The van der Waals surface area contributed by atoms with Crippen molar-refractivity contribution < 1.29 is 19.1 Å². The second-order valence-electron chi connectivity index (χ2n) is 4.87. The molecule has 23 heavy (non-hydrogen) atoms. The molecule has 116 valence electrons. The molecule has 0 aromatic heterocycles. The first kappa shape index (κ1) is 15.3. The highest BCUT2D eigenvalue weighted by Crippen LogP contribution is 2.28. The summed E-state index contributed by atoms with van der Waals surface area (Å²) in [5.74, 6) is -0.939. The standard InChI is InChI=1S/C17H12FNO3S/c18-10-4-6-11(7-5-10)23-9-19-13-8-15(21)12-2-1-3-14(20)16(12)17(13)22/h1-8,19-20H,9H2. The number of phenols is 1. The van der Waals surface area contributed by atoms with Gasteiger partial charge in [-0.3, -0.25) is 9.59 Å². The van der Waals surface area contributed by atoms with Gasteiger partial charge in [0.15, 0.2) is 5.78 Å². The van der Waals surface area contributed by atoms with Crippen LogP contribution in [0.4, 0.5) is 4.39 Å². The highest BCUT2D eigenvalue weighted by molar-refractivity contribution is 7.99. The fourth-order valence-electron chi connectivity index (χ4n) is 2.25. The zero-order valence-electron chi connectivity index (χ0n) is 11.9. The molecule has 0 amide bonds. The molecule has 0 spiro atoms. The van der Waals surface area contributed by atoms with E-state index >= 15 is 0 Å². The SMILES string of the molecule is O=C1C=C(NCSc2ccc(F)cc2)C(=O)c2c(O)cccc21. The predicted octanol–water partition coefficient (Wildman–Crippen LogP) is 3.13. The molecule has 0 unspecified atom stereocenters. The number of carbonyl (C=O) groups excluding carboxylic acids is 2. The third kappa shape index (κ3) is 3.12. The molecule has 0 fully saturated rings. The van der Waals surface area contributed by atoms with Crippen LogP contribution in [-0.4, -0.2) is 22.5 Å². The summed E-state index contributed by atoms with van der Waals surface area (Å²) in [6, 6.07) is 10.4. The molecular weight excluding hydrogens is 317 g/mol. The summed E-state index contributed by atoms with van der Waals surface area (Å²) in [4.78, 5) is 25.2. The van der Waals surface area contributed by atoms with E-state index in [2.05, 4.69) is 5.32 Å². The largest absolute Gasteiger partial charge is 0.507 e. The van der Waals surface area contributed by atoms with Crippen LogP contribution in [0.15, 0.2) is 59.1 Å². The number of Topliss-reactive ketones (excluding diaryl/α,β-unsaturated/α-hetero) is 1. The Bertz CT molecular complexity index is 815. The topological polar surface area (TPSA) is 66.4 Å². The summed E-state index contributed by atoms with van der Waals surface area (Å²) >= 11 is 1.37. The molecule has 3 rings (SSSR count). The molecule has 2 N–H and O–H groups in total. The number of fused-ring (bicyclic) bond motifs is 1. The lowest BCUT2D eigenvalue weighted by atomic mass is 9.92. The van der Waals surface area contributed by atoms with Crippen LogP contribution in [0.1, 0.15) is 20.7 Å². The normalized spacial score (nSPS) is 13.5. The number of carbonyl (C=O) groups is 2. The van der Waals surface area contributed by atoms with Crippen LogP contribution < -0.4 is 5.32 Å². The van der Waals surface area contributed by atoms with E-state index in [1.807, 2.05) is 0 Å². The molecule has 0 aliphatic heterocycles. The van der Waals surface area contributed by atoms with Gasteiger partial charge in [-0.15, -0.1) is 11.8 Å². The smallest absolute Gasteiger partial charge is 0.213 e. The molecular formula is C17H12FNO3S. The van der Waals surface area contributed by atoms with Gasteiger partial charge in [0.05, 0.1) is 17.1 Å². The highest BCUT2D eigenvalue weighted by Gasteiger charge is 2.27. The second kappa shape index (κ2) is 6.26. The van der Waals surface area contributed by atoms with E-state index in [-0.39, 0.29) is 34.2 Å². The lowest BCUT2D eigenvalue weighted by molar-refractivity contribution is 0.0976. The fourth-order valence-corrected chi connectivity index (χ4v) is 2.98. The van der Waals surface area contributed by atoms with Gasteiger partial charge >= 0.3 is 0 Å². The molecule has 4 nitrogen and oxygen atoms in total. The minimum atomic E-state index is -0.419. The Morgan fingerprint density at radius 1 is 1.09 bits per heavy atom. The van der Waals surface area contributed by atoms with Crippen LogP contribution in [0.25, 0.3) is 0 Å². The van der Waals surface area contributed by atoms with Crippen molar-refractivity contribution in [3.05, 3.63) is 71.2 Å². The van der Waals surface area contributed by atoms with Gasteiger partial charge in [-0.1, -0.05) is 12.1 Å². The number of benzene rings is 2. The van der Waals surface area contributed by atoms with E-state index in [9.17, 15) is 19.1 Å². The summed E-state index contributed by atoms with van der Waals surface area (Å²) < 4.78 is 12.8. The maximum absolute atomic E-state index is 12.8. The first-order valence-corrected chi connectivity index (χ1v) is 7.80. The Morgan fingerprint density at radius 3 is 2.57 bits per heavy atom. The molecule has 0 saturated heterocycles. The lowest BCUT2D eigenvalue weighted by Crippen LogP contribution is -2.26. The Hall–Kier alpha value is -2.60. The zero-order valence-corrected chi connectivity index (χ0v) is 12.7. The van der Waals surface area contributed by atoms with Gasteiger partial charge in [0.25, 0.3) is 0 Å². The van der Waals surface area contributed by atoms with E-state index in [4.69, 9.17) is 0 Å². The molecule has 0 bridgehead atoms. The van der Waals surface area contributed by atoms with E-state index in [1.54, 1.807) is 12.1 Å². The number of aromatic hydroxyl groups is 1. The lowest BCUT2D eigenvalue weighted by Gasteiger charge is -2.17. The number of nitrogens with one attached hydrogen (secondary N) is 1. The number of ketones is 2. The number of hydrogen-bond acceptors (Lipinski definition) is 5. The molecule has 0 heterocycles. The Balaban J connectivity index is 1.72. The number of halogens is 1. The van der Waals surface area contributed by atoms with Gasteiger partial charge in [-0.2, -0.15) is 0 Å². The zero-order chi connectivity index (χ0) is 16.4. The number of allylic oxidation sites excluding steroid dienone is 2. The summed E-state index contributed by atoms with van der Waals surface area (Å²) in [5.41, 5.74) is 0.361. The second-order valence-corrected chi connectivity index (χ2v) is 5.92. The summed E-state index contributed by atoms with van der Waals surface area (Å²) in [6.07, 6.45) is 1.23. The molecule has 1 aliphatic rings. The van der Waals surface area contributed by atoms with Crippen molar-refractivity contribution >= 4 is 23.3 Å². The Morgan fingerprint density at radius 2 is 1.83 bits per heavy atom. The first-order chi connectivity index (χ1) is 11.1. The quantitative estimate of drug-likeness (QED) is 0.666. The van der Waals surface area contributed by atoms with Gasteiger partial charge in [-0.05, 0) is 30.3 Å². The van der Waals surface area contributed by atoms with Gasteiger partial charge in [0.2, 0.25) is 5.78 Å². The molecule has 0 radical (unpaired) electrons. The van der Waals surface area contributed by atoms with Crippen molar-refractivity contribution in [2.75, 3.05) is 5.88 Å². The third-order valence-electron chi connectivity index (χ3n) is 3.37. The van der Waals surface area contributed by atoms with E-state index in [0.29, 0.717) is 5.88 Å². The molecule has 6 heteroatoms. The Labute approximate surface area is 136 Å². The van der Waals surface area contributed by atoms with Crippen LogP contribution in [0.5, 0.6) is 5.75 Å². The van der Waals surface area contributed by atoms with E-state index in [0.717, 1.165) is 4.90 Å². The van der Waals surface area contributed by atoms with Crippen LogP contribution in [-0.2, 0) is 0 Å². The molecule has 1 aliphatic carbocycles. The van der Waals surface area contributed by atoms with Crippen LogP contribution >= 0.6 is 11.8 Å². The van der Waals surface area contributed by atoms with Crippen LogP contribution in [0.3, 0.4) is 0 Å². The average Bonchev–Trinajstić information content (AvgIpc) is 2.54. The van der Waals surface area contributed by atoms with E-state index in [1.165, 1.54) is 48.2 Å². The highest BCUT2D eigenvalue weighted by atomic mass is 32.2. The van der Waals surface area contributed by atoms with Gasteiger partial charge in [0.1, 0.15) is 11.6 Å². The Kier molecular flexibility index (Phi) is 4.16. The first-order valence-electron chi connectivity index (χ1n) is 6.81. The summed E-state index contributed by atoms with van der Waals surface area (Å²) in [7, 11) is 0. The summed E-state index contributed by atoms with van der Waals surface area (Å²) in [5, 5.41) is 12.7. The van der Waals surface area contributed by atoms with Crippen molar-refractivity contribution in [2.45, 2.75) is 4.90 Å². The average molecular weight is 329 g/mol. The third-order valence-corrected chi connectivity index (χ3v) is 4.26. The minimum absolute atomic E-state index is 0.0225. The monoisotopic (exact) mass is 329 g/mol. The molecule has 0 saturated carbocycles. The number of thioether (sulfide) groups is 1. The van der Waals surface area contributed by atoms with Gasteiger partial charge in [0, 0.05) is 16.5 Å². The van der Waals surface area contributed by atoms with Crippen molar-refractivity contribution in [1.82, 2.24) is 5.32 Å². The maximum Gasteiger partial charge on any atom is 0.213 e. The van der Waals surface area contributed by atoms with Crippen molar-refractivity contribution in [3.8, 4) is 5.75 Å². The van der Waals surface area contributed by atoms with Crippen molar-refractivity contribution in [1.29, 1.82) is 0 Å². The summed E-state index contributed by atoms with van der Waals surface area (Å²) in [6.45, 7) is 0. The van der Waals surface area contributed by atoms with Gasteiger partial charge < -0.3 is 10.4 Å².